The molecule has 1 N–H and O–H groups in total. The summed E-state index contributed by atoms with van der Waals surface area (Å²) in [6.07, 6.45) is 5.43. The number of benzene rings is 1. The van der Waals surface area contributed by atoms with E-state index in [1.165, 1.54) is 11.6 Å². The molecule has 5 heteroatoms. The van der Waals surface area contributed by atoms with Crippen LogP contribution in [-0.2, 0) is 11.3 Å². The summed E-state index contributed by atoms with van der Waals surface area (Å²) in [6, 6.07) is 9.55. The number of nitrogens with zero attached hydrogens (tertiary/aromatic N) is 2. The summed E-state index contributed by atoms with van der Waals surface area (Å²) < 4.78 is 13.9. The topological polar surface area (TPSA) is 35.6 Å². The van der Waals surface area contributed by atoms with Gasteiger partial charge in [0.05, 0.1) is 12.6 Å². The van der Waals surface area contributed by atoms with E-state index in [2.05, 4.69) is 41.1 Å². The zero-order valence-corrected chi connectivity index (χ0v) is 15.8. The van der Waals surface area contributed by atoms with Crippen molar-refractivity contribution in [1.82, 2.24) is 15.1 Å². The Morgan fingerprint density at radius 1 is 1.04 bits per heavy atom. The molecule has 1 aromatic rings. The number of carbonyl (C=O) groups is 1. The van der Waals surface area contributed by atoms with E-state index < -0.39 is 12.2 Å². The molecule has 2 rings (SSSR count). The third-order valence-corrected chi connectivity index (χ3v) is 4.64. The number of nitrogens with one attached hydrogen (secondary N) is 1. The maximum absolute atomic E-state index is 13.9. The molecule has 0 bridgehead atoms. The minimum Gasteiger partial charge on any atom is -0.345 e. The molecule has 0 saturated carbocycles. The van der Waals surface area contributed by atoms with Crippen LogP contribution in [0.4, 0.5) is 4.39 Å². The molecule has 142 valence electrons. The number of likely N-dealkylation sites (N-methyl/N-ethyl adjacent to an activating group) is 1. The lowest BCUT2D eigenvalue weighted by Gasteiger charge is -2.27. The van der Waals surface area contributed by atoms with Crippen molar-refractivity contribution in [3.8, 4) is 0 Å². The fraction of sp³-hybridized carbons (Fsp3) is 0.476. The Kier molecular flexibility index (Phi) is 8.51. The van der Waals surface area contributed by atoms with Crippen molar-refractivity contribution in [3.63, 3.8) is 0 Å². The predicted octanol–water partition coefficient (Wildman–Crippen LogP) is 2.78. The van der Waals surface area contributed by atoms with Gasteiger partial charge in [-0.2, -0.15) is 0 Å². The van der Waals surface area contributed by atoms with Gasteiger partial charge in [0.1, 0.15) is 6.17 Å². The summed E-state index contributed by atoms with van der Waals surface area (Å²) in [5, 5.41) is 2.79. The van der Waals surface area contributed by atoms with E-state index >= 15 is 0 Å². The smallest absolute Gasteiger partial charge is 0.234 e. The van der Waals surface area contributed by atoms with Crippen molar-refractivity contribution in [2.45, 2.75) is 32.6 Å². The molecule has 4 nitrogen and oxygen atoms in total. The Balaban J connectivity index is 1.94. The van der Waals surface area contributed by atoms with Crippen LogP contribution in [0.3, 0.4) is 0 Å². The Labute approximate surface area is 156 Å². The molecule has 1 aliphatic carbocycles. The molecule has 0 fully saturated rings. The number of hydrogen-bond acceptors (Lipinski definition) is 3. The summed E-state index contributed by atoms with van der Waals surface area (Å²) in [4.78, 5) is 16.9. The highest BCUT2D eigenvalue weighted by Crippen LogP contribution is 2.09. The van der Waals surface area contributed by atoms with Crippen molar-refractivity contribution < 1.29 is 9.18 Å². The fourth-order valence-corrected chi connectivity index (χ4v) is 3.02. The van der Waals surface area contributed by atoms with Crippen molar-refractivity contribution in [2.24, 2.45) is 0 Å². The maximum atomic E-state index is 13.9. The van der Waals surface area contributed by atoms with E-state index in [4.69, 9.17) is 0 Å². The molecule has 0 saturated heterocycles. The van der Waals surface area contributed by atoms with Gasteiger partial charge in [0.2, 0.25) is 5.91 Å². The number of halogens is 1. The monoisotopic (exact) mass is 359 g/mol. The Morgan fingerprint density at radius 3 is 2.35 bits per heavy atom. The quantitative estimate of drug-likeness (QED) is 0.698. The van der Waals surface area contributed by atoms with Crippen molar-refractivity contribution in [1.29, 1.82) is 0 Å². The lowest BCUT2D eigenvalue weighted by molar-refractivity contribution is -0.123. The zero-order valence-electron chi connectivity index (χ0n) is 15.8. The maximum Gasteiger partial charge on any atom is 0.234 e. The van der Waals surface area contributed by atoms with Crippen molar-refractivity contribution >= 4 is 5.91 Å². The molecule has 1 aliphatic rings. The molecule has 0 spiro atoms. The van der Waals surface area contributed by atoms with Gasteiger partial charge >= 0.3 is 0 Å². The van der Waals surface area contributed by atoms with Gasteiger partial charge in [-0.15, -0.1) is 0 Å². The van der Waals surface area contributed by atoms with Gasteiger partial charge in [-0.1, -0.05) is 62.4 Å². The van der Waals surface area contributed by atoms with Gasteiger partial charge in [0.25, 0.3) is 0 Å². The lowest BCUT2D eigenvalue weighted by Crippen LogP contribution is -2.46. The average Bonchev–Trinajstić information content (AvgIpc) is 2.65. The van der Waals surface area contributed by atoms with Gasteiger partial charge in [0, 0.05) is 19.6 Å². The highest BCUT2D eigenvalue weighted by molar-refractivity contribution is 5.78. The van der Waals surface area contributed by atoms with Crippen LogP contribution >= 0.6 is 0 Å². The Morgan fingerprint density at radius 2 is 1.69 bits per heavy atom. The summed E-state index contributed by atoms with van der Waals surface area (Å²) in [6.45, 7) is 8.93. The molecule has 2 atom stereocenters. The standard InChI is InChI=1S/C21H30FN3O/c1-3-24(4-2)14-15-25(16-18-10-6-5-7-11-18)17-21(26)23-20-13-9-8-12-19(20)22/h5-13,19-20H,3-4,14-17H2,1-2H3,(H,23,26). The summed E-state index contributed by atoms with van der Waals surface area (Å²) >= 11 is 0. The highest BCUT2D eigenvalue weighted by Gasteiger charge is 2.21. The van der Waals surface area contributed by atoms with E-state index in [0.717, 1.165) is 26.2 Å². The van der Waals surface area contributed by atoms with Crippen LogP contribution in [0.25, 0.3) is 0 Å². The summed E-state index contributed by atoms with van der Waals surface area (Å²) in [7, 11) is 0. The van der Waals surface area contributed by atoms with Gasteiger partial charge < -0.3 is 10.2 Å². The van der Waals surface area contributed by atoms with Crippen LogP contribution in [-0.4, -0.2) is 60.6 Å². The van der Waals surface area contributed by atoms with Gasteiger partial charge in [-0.25, -0.2) is 4.39 Å². The molecule has 0 aliphatic heterocycles. The second kappa shape index (κ2) is 10.9. The molecule has 2 unspecified atom stereocenters. The van der Waals surface area contributed by atoms with Crippen molar-refractivity contribution in [3.05, 3.63) is 60.2 Å². The van der Waals surface area contributed by atoms with Crippen LogP contribution in [0.2, 0.25) is 0 Å². The largest absolute Gasteiger partial charge is 0.345 e. The van der Waals surface area contributed by atoms with Gasteiger partial charge in [-0.05, 0) is 24.7 Å². The van der Waals surface area contributed by atoms with Crippen LogP contribution < -0.4 is 5.32 Å². The van der Waals surface area contributed by atoms with Crippen LogP contribution in [0.5, 0.6) is 0 Å². The number of amides is 1. The van der Waals surface area contributed by atoms with E-state index in [0.29, 0.717) is 6.54 Å². The molecule has 1 amide bonds. The molecule has 1 aromatic carbocycles. The first-order chi connectivity index (χ1) is 12.6. The first-order valence-electron chi connectivity index (χ1n) is 9.39. The van der Waals surface area contributed by atoms with E-state index in [1.807, 2.05) is 18.2 Å². The van der Waals surface area contributed by atoms with E-state index in [9.17, 15) is 9.18 Å². The predicted molar refractivity (Wildman–Crippen MR) is 105 cm³/mol. The van der Waals surface area contributed by atoms with E-state index in [1.54, 1.807) is 18.2 Å². The minimum absolute atomic E-state index is 0.145. The summed E-state index contributed by atoms with van der Waals surface area (Å²) in [5.41, 5.74) is 1.17. The van der Waals surface area contributed by atoms with Gasteiger partial charge in [-0.3, -0.25) is 9.69 Å². The normalized spacial score (nSPS) is 19.3. The molecule has 0 aromatic heterocycles. The number of alkyl halides is 1. The minimum atomic E-state index is -1.16. The average molecular weight is 359 g/mol. The number of allylic oxidation sites excluding steroid dienone is 2. The first-order valence-corrected chi connectivity index (χ1v) is 9.39. The third-order valence-electron chi connectivity index (χ3n) is 4.64. The fourth-order valence-electron chi connectivity index (χ4n) is 3.02. The molecular weight excluding hydrogens is 329 g/mol. The SMILES string of the molecule is CCN(CC)CCN(CC(=O)NC1C=CC=CC1F)Cc1ccccc1. The summed E-state index contributed by atoms with van der Waals surface area (Å²) in [5.74, 6) is -0.145. The van der Waals surface area contributed by atoms with Crippen LogP contribution in [0.15, 0.2) is 54.6 Å². The second-order valence-corrected chi connectivity index (χ2v) is 6.53. The second-order valence-electron chi connectivity index (χ2n) is 6.53. The van der Waals surface area contributed by atoms with E-state index in [-0.39, 0.29) is 12.5 Å². The van der Waals surface area contributed by atoms with Crippen LogP contribution in [0, 0.1) is 0 Å². The van der Waals surface area contributed by atoms with Gasteiger partial charge in [0.15, 0.2) is 0 Å². The Bertz CT molecular complexity index is 599. The molecule has 0 radical (unpaired) electrons. The third kappa shape index (κ3) is 6.73. The zero-order chi connectivity index (χ0) is 18.8. The molecule has 26 heavy (non-hydrogen) atoms. The number of hydrogen-bond donors (Lipinski definition) is 1. The molecular formula is C21H30FN3O. The highest BCUT2D eigenvalue weighted by atomic mass is 19.1. The lowest BCUT2D eigenvalue weighted by atomic mass is 10.1. The first kappa shape index (κ1) is 20.3. The Hall–Kier alpha value is -1.98. The number of rotatable bonds is 10. The van der Waals surface area contributed by atoms with Crippen LogP contribution in [0.1, 0.15) is 19.4 Å². The van der Waals surface area contributed by atoms with Crippen molar-refractivity contribution in [2.75, 3.05) is 32.7 Å². The molecule has 0 heterocycles. The number of carbonyl (C=O) groups excluding carboxylic acids is 1.